The number of carboxylic acids is 1. The molecule has 0 bridgehead atoms. The van der Waals surface area contributed by atoms with Crippen molar-refractivity contribution in [3.8, 4) is 0 Å². The summed E-state index contributed by atoms with van der Waals surface area (Å²) in [5, 5.41) is 9.25. The van der Waals surface area contributed by atoms with Gasteiger partial charge in [-0.2, -0.15) is 13.2 Å². The maximum atomic E-state index is 12.7. The molecule has 1 fully saturated rings. The van der Waals surface area contributed by atoms with Crippen LogP contribution >= 0.6 is 0 Å². The van der Waals surface area contributed by atoms with E-state index in [0.717, 1.165) is 23.1 Å². The predicted molar refractivity (Wildman–Crippen MR) is 67.8 cm³/mol. The highest BCUT2D eigenvalue weighted by Gasteiger charge is 2.46. The zero-order valence-electron chi connectivity index (χ0n) is 11.3. The second-order valence-corrected chi connectivity index (χ2v) is 5.22. The zero-order valence-corrected chi connectivity index (χ0v) is 11.3. The van der Waals surface area contributed by atoms with Crippen molar-refractivity contribution in [2.45, 2.75) is 31.5 Å². The number of alkyl halides is 3. The van der Waals surface area contributed by atoms with E-state index < -0.39 is 29.2 Å². The summed E-state index contributed by atoms with van der Waals surface area (Å²) in [5.41, 5.74) is -2.45. The van der Waals surface area contributed by atoms with Crippen LogP contribution in [0.25, 0.3) is 0 Å². The van der Waals surface area contributed by atoms with Crippen LogP contribution < -0.4 is 0 Å². The molecule has 0 aromatic heterocycles. The number of carboxylic acid groups (broad SMARTS) is 1. The smallest absolute Gasteiger partial charge is 0.416 e. The van der Waals surface area contributed by atoms with Gasteiger partial charge in [0.1, 0.15) is 5.54 Å². The van der Waals surface area contributed by atoms with E-state index in [4.69, 9.17) is 0 Å². The maximum absolute atomic E-state index is 12.7. The van der Waals surface area contributed by atoms with Gasteiger partial charge in [-0.15, -0.1) is 0 Å². The minimum atomic E-state index is -4.54. The van der Waals surface area contributed by atoms with Gasteiger partial charge < -0.3 is 10.0 Å². The van der Waals surface area contributed by atoms with Crippen molar-refractivity contribution < 1.29 is 27.9 Å². The van der Waals surface area contributed by atoms with Gasteiger partial charge in [-0.3, -0.25) is 4.79 Å². The van der Waals surface area contributed by atoms with E-state index in [1.54, 1.807) is 0 Å². The SMILES string of the molecule is CC1(C(=O)O)CCCN1C(=O)c1cccc(C(F)(F)F)c1. The molecule has 21 heavy (non-hydrogen) atoms. The number of halogens is 3. The molecule has 1 N–H and O–H groups in total. The number of hydrogen-bond acceptors (Lipinski definition) is 2. The van der Waals surface area contributed by atoms with Gasteiger partial charge in [0.2, 0.25) is 0 Å². The van der Waals surface area contributed by atoms with Crippen molar-refractivity contribution in [2.75, 3.05) is 6.54 Å². The number of benzene rings is 1. The van der Waals surface area contributed by atoms with Gasteiger partial charge in [0.25, 0.3) is 5.91 Å². The highest BCUT2D eigenvalue weighted by Crippen LogP contribution is 2.33. The van der Waals surface area contributed by atoms with E-state index >= 15 is 0 Å². The molecule has 0 spiro atoms. The molecule has 0 aliphatic carbocycles. The molecule has 1 amide bonds. The topological polar surface area (TPSA) is 57.6 Å². The van der Waals surface area contributed by atoms with Crippen LogP contribution in [-0.2, 0) is 11.0 Å². The summed E-state index contributed by atoms with van der Waals surface area (Å²) < 4.78 is 38.0. The van der Waals surface area contributed by atoms with Crippen molar-refractivity contribution >= 4 is 11.9 Å². The Hall–Kier alpha value is -2.05. The van der Waals surface area contributed by atoms with Gasteiger partial charge in [-0.1, -0.05) is 6.07 Å². The second-order valence-electron chi connectivity index (χ2n) is 5.22. The maximum Gasteiger partial charge on any atom is 0.416 e. The minimum Gasteiger partial charge on any atom is -0.480 e. The number of nitrogens with zero attached hydrogens (tertiary/aromatic N) is 1. The summed E-state index contributed by atoms with van der Waals surface area (Å²) in [7, 11) is 0. The zero-order chi connectivity index (χ0) is 15.8. The molecule has 4 nitrogen and oxygen atoms in total. The van der Waals surface area contributed by atoms with Crippen LogP contribution in [-0.4, -0.2) is 34.0 Å². The Morgan fingerprint density at radius 2 is 2.00 bits per heavy atom. The van der Waals surface area contributed by atoms with E-state index in [1.807, 2.05) is 0 Å². The monoisotopic (exact) mass is 301 g/mol. The van der Waals surface area contributed by atoms with Gasteiger partial charge in [0.15, 0.2) is 0 Å². The molecule has 1 unspecified atom stereocenters. The first-order chi connectivity index (χ1) is 9.66. The first-order valence-electron chi connectivity index (χ1n) is 6.39. The summed E-state index contributed by atoms with van der Waals surface area (Å²) in [6.07, 6.45) is -3.75. The van der Waals surface area contributed by atoms with Gasteiger partial charge >= 0.3 is 12.1 Å². The average molecular weight is 301 g/mol. The summed E-state index contributed by atoms with van der Waals surface area (Å²) in [4.78, 5) is 24.8. The molecular formula is C14H14F3NO3. The molecule has 1 aliphatic rings. The largest absolute Gasteiger partial charge is 0.480 e. The Morgan fingerprint density at radius 1 is 1.33 bits per heavy atom. The Kier molecular flexibility index (Phi) is 3.69. The highest BCUT2D eigenvalue weighted by molar-refractivity contribution is 5.98. The van der Waals surface area contributed by atoms with Crippen LogP contribution in [0, 0.1) is 0 Å². The van der Waals surface area contributed by atoms with Crippen molar-refractivity contribution in [3.05, 3.63) is 35.4 Å². The number of carbonyl (C=O) groups excluding carboxylic acids is 1. The number of carbonyl (C=O) groups is 2. The molecule has 7 heteroatoms. The number of rotatable bonds is 2. The van der Waals surface area contributed by atoms with E-state index in [1.165, 1.54) is 13.0 Å². The number of amides is 1. The number of aliphatic carboxylic acids is 1. The second kappa shape index (κ2) is 5.05. The third-order valence-corrected chi connectivity index (χ3v) is 3.78. The van der Waals surface area contributed by atoms with Crippen molar-refractivity contribution in [1.29, 1.82) is 0 Å². The molecule has 1 atom stereocenters. The van der Waals surface area contributed by atoms with E-state index in [2.05, 4.69) is 0 Å². The molecule has 1 aliphatic heterocycles. The quantitative estimate of drug-likeness (QED) is 0.914. The number of likely N-dealkylation sites (tertiary alicyclic amines) is 1. The van der Waals surface area contributed by atoms with Crippen molar-refractivity contribution in [1.82, 2.24) is 4.90 Å². The number of hydrogen-bond donors (Lipinski definition) is 1. The molecular weight excluding hydrogens is 287 g/mol. The summed E-state index contributed by atoms with van der Waals surface area (Å²) in [6.45, 7) is 1.63. The lowest BCUT2D eigenvalue weighted by Gasteiger charge is -2.31. The fraction of sp³-hybridized carbons (Fsp3) is 0.429. The summed E-state index contributed by atoms with van der Waals surface area (Å²) in [6, 6.07) is 4.03. The minimum absolute atomic E-state index is 0.154. The Labute approximate surface area is 119 Å². The molecule has 1 saturated heterocycles. The van der Waals surface area contributed by atoms with E-state index in [9.17, 15) is 27.9 Å². The summed E-state index contributed by atoms with van der Waals surface area (Å²) >= 11 is 0. The standard InChI is InChI=1S/C14H14F3NO3/c1-13(12(20)21)6-3-7-18(13)11(19)9-4-2-5-10(8-9)14(15,16)17/h2,4-5,8H,3,6-7H2,1H3,(H,20,21). The normalized spacial score (nSPS) is 22.4. The van der Waals surface area contributed by atoms with Crippen LogP contribution in [0.5, 0.6) is 0 Å². The van der Waals surface area contributed by atoms with E-state index in [-0.39, 0.29) is 18.5 Å². The predicted octanol–water partition coefficient (Wildman–Crippen LogP) is 2.78. The molecule has 0 radical (unpaired) electrons. The van der Waals surface area contributed by atoms with Gasteiger partial charge in [0.05, 0.1) is 5.56 Å². The highest BCUT2D eigenvalue weighted by atomic mass is 19.4. The molecule has 114 valence electrons. The van der Waals surface area contributed by atoms with Crippen LogP contribution in [0.15, 0.2) is 24.3 Å². The average Bonchev–Trinajstić information content (AvgIpc) is 2.80. The van der Waals surface area contributed by atoms with Gasteiger partial charge in [-0.05, 0) is 38.0 Å². The van der Waals surface area contributed by atoms with Crippen LogP contribution in [0.4, 0.5) is 13.2 Å². The van der Waals surface area contributed by atoms with Crippen LogP contribution in [0.3, 0.4) is 0 Å². The van der Waals surface area contributed by atoms with Crippen LogP contribution in [0.2, 0.25) is 0 Å². The lowest BCUT2D eigenvalue weighted by molar-refractivity contribution is -0.147. The Balaban J connectivity index is 2.35. The molecule has 0 saturated carbocycles. The Morgan fingerprint density at radius 3 is 2.57 bits per heavy atom. The fourth-order valence-electron chi connectivity index (χ4n) is 2.50. The fourth-order valence-corrected chi connectivity index (χ4v) is 2.50. The third-order valence-electron chi connectivity index (χ3n) is 3.78. The van der Waals surface area contributed by atoms with Crippen LogP contribution in [0.1, 0.15) is 35.7 Å². The summed E-state index contributed by atoms with van der Waals surface area (Å²) in [5.74, 6) is -1.84. The van der Waals surface area contributed by atoms with Gasteiger partial charge in [-0.25, -0.2) is 4.79 Å². The molecule has 1 aromatic carbocycles. The van der Waals surface area contributed by atoms with Crippen molar-refractivity contribution in [3.63, 3.8) is 0 Å². The lowest BCUT2D eigenvalue weighted by atomic mass is 9.98. The first kappa shape index (κ1) is 15.3. The van der Waals surface area contributed by atoms with E-state index in [0.29, 0.717) is 6.42 Å². The third kappa shape index (κ3) is 2.72. The molecule has 1 aromatic rings. The van der Waals surface area contributed by atoms with Gasteiger partial charge in [0, 0.05) is 12.1 Å². The molecule has 2 rings (SSSR count). The first-order valence-corrected chi connectivity index (χ1v) is 6.39. The van der Waals surface area contributed by atoms with Crippen molar-refractivity contribution in [2.24, 2.45) is 0 Å². The Bertz CT molecular complexity index is 585. The lowest BCUT2D eigenvalue weighted by Crippen LogP contribution is -2.50. The molecule has 1 heterocycles.